The molecule has 0 radical (unpaired) electrons. The molecule has 2 aromatic heterocycles. The molecule has 33 heavy (non-hydrogen) atoms. The highest BCUT2D eigenvalue weighted by atomic mass is 16.2. The van der Waals surface area contributed by atoms with Crippen LogP contribution >= 0.6 is 0 Å². The second-order valence-corrected chi connectivity index (χ2v) is 8.68. The van der Waals surface area contributed by atoms with Gasteiger partial charge in [-0.2, -0.15) is 0 Å². The summed E-state index contributed by atoms with van der Waals surface area (Å²) in [5.41, 5.74) is 3.52. The second-order valence-electron chi connectivity index (χ2n) is 8.68. The summed E-state index contributed by atoms with van der Waals surface area (Å²) in [6, 6.07) is 7.62. The molecule has 0 spiro atoms. The number of aryl methyl sites for hydroxylation is 1. The van der Waals surface area contributed by atoms with Crippen molar-refractivity contribution in [1.29, 1.82) is 0 Å². The van der Waals surface area contributed by atoms with Gasteiger partial charge in [0.1, 0.15) is 11.5 Å². The van der Waals surface area contributed by atoms with E-state index in [0.29, 0.717) is 11.5 Å². The van der Waals surface area contributed by atoms with E-state index in [1.54, 1.807) is 19.3 Å². The van der Waals surface area contributed by atoms with Gasteiger partial charge in [0.25, 0.3) is 5.91 Å². The monoisotopic (exact) mass is 451 g/mol. The number of pyridine rings is 2. The predicted molar refractivity (Wildman–Crippen MR) is 128 cm³/mol. The lowest BCUT2D eigenvalue weighted by atomic mass is 10.0. The van der Waals surface area contributed by atoms with Gasteiger partial charge in [0.15, 0.2) is 0 Å². The standard InChI is InChI=1S/C24H33N7O2/c1-17-21(7-6-20(28-17)23(32)25-2)31-13-11-30(12-14-31)16-18-8-10-27-22(15-18)29-24(33)19-5-3-4-9-26-19/h6-8,10,15,19,26H,3-5,9,11-14,16H2,1-2H3,(H,25,32)(H,27,29,33). The fraction of sp³-hybridized carbons (Fsp3) is 0.500. The molecule has 2 amide bonds. The number of carbonyl (C=O) groups is 2. The fourth-order valence-corrected chi connectivity index (χ4v) is 4.48. The summed E-state index contributed by atoms with van der Waals surface area (Å²) in [6.07, 6.45) is 4.85. The van der Waals surface area contributed by atoms with E-state index in [4.69, 9.17) is 0 Å². The van der Waals surface area contributed by atoms with Crippen LogP contribution < -0.4 is 20.9 Å². The van der Waals surface area contributed by atoms with Crippen LogP contribution in [0.25, 0.3) is 0 Å². The molecule has 4 rings (SSSR count). The van der Waals surface area contributed by atoms with E-state index in [9.17, 15) is 9.59 Å². The van der Waals surface area contributed by atoms with Crippen molar-refractivity contribution >= 4 is 23.3 Å². The molecule has 2 fully saturated rings. The molecule has 2 aliphatic rings. The van der Waals surface area contributed by atoms with Gasteiger partial charge in [-0.05, 0) is 56.1 Å². The Balaban J connectivity index is 1.31. The first-order chi connectivity index (χ1) is 16.0. The highest BCUT2D eigenvalue weighted by Crippen LogP contribution is 2.21. The summed E-state index contributed by atoms with van der Waals surface area (Å²) in [5.74, 6) is 0.443. The van der Waals surface area contributed by atoms with Crippen LogP contribution in [-0.2, 0) is 11.3 Å². The van der Waals surface area contributed by atoms with Crippen molar-refractivity contribution in [2.75, 3.05) is 50.0 Å². The average Bonchev–Trinajstić information content (AvgIpc) is 2.85. The third kappa shape index (κ3) is 5.85. The van der Waals surface area contributed by atoms with Crippen molar-refractivity contribution in [2.45, 2.75) is 38.8 Å². The molecule has 2 saturated heterocycles. The Labute approximate surface area is 195 Å². The molecule has 176 valence electrons. The van der Waals surface area contributed by atoms with Crippen LogP contribution in [0, 0.1) is 6.92 Å². The number of hydrogen-bond donors (Lipinski definition) is 3. The molecule has 1 atom stereocenters. The van der Waals surface area contributed by atoms with Crippen molar-refractivity contribution < 1.29 is 9.59 Å². The zero-order valence-corrected chi connectivity index (χ0v) is 19.4. The van der Waals surface area contributed by atoms with E-state index in [1.807, 2.05) is 25.1 Å². The maximum absolute atomic E-state index is 12.5. The average molecular weight is 452 g/mol. The van der Waals surface area contributed by atoms with Crippen LogP contribution in [0.2, 0.25) is 0 Å². The van der Waals surface area contributed by atoms with Gasteiger partial charge in [-0.1, -0.05) is 6.42 Å². The molecule has 2 aromatic rings. The van der Waals surface area contributed by atoms with E-state index < -0.39 is 0 Å². The maximum atomic E-state index is 12.5. The number of amides is 2. The summed E-state index contributed by atoms with van der Waals surface area (Å²) >= 11 is 0. The summed E-state index contributed by atoms with van der Waals surface area (Å²) in [5, 5.41) is 8.86. The van der Waals surface area contributed by atoms with Crippen molar-refractivity contribution in [1.82, 2.24) is 25.5 Å². The number of carbonyl (C=O) groups excluding carboxylic acids is 2. The molecule has 0 aliphatic carbocycles. The minimum atomic E-state index is -0.169. The van der Waals surface area contributed by atoms with E-state index >= 15 is 0 Å². The third-order valence-corrected chi connectivity index (χ3v) is 6.34. The predicted octanol–water partition coefficient (Wildman–Crippen LogP) is 1.55. The Morgan fingerprint density at radius 2 is 1.97 bits per heavy atom. The quantitative estimate of drug-likeness (QED) is 0.612. The summed E-state index contributed by atoms with van der Waals surface area (Å²) in [4.78, 5) is 37.8. The van der Waals surface area contributed by atoms with Crippen LogP contribution in [-0.4, -0.2) is 72.5 Å². The zero-order valence-electron chi connectivity index (χ0n) is 19.4. The number of hydrogen-bond acceptors (Lipinski definition) is 7. The van der Waals surface area contributed by atoms with Crippen molar-refractivity contribution in [3.8, 4) is 0 Å². The third-order valence-electron chi connectivity index (χ3n) is 6.34. The topological polar surface area (TPSA) is 102 Å². The van der Waals surface area contributed by atoms with E-state index in [0.717, 1.165) is 75.5 Å². The van der Waals surface area contributed by atoms with Crippen molar-refractivity contribution in [3.05, 3.63) is 47.4 Å². The highest BCUT2D eigenvalue weighted by Gasteiger charge is 2.22. The number of rotatable bonds is 6. The van der Waals surface area contributed by atoms with E-state index in [2.05, 4.69) is 35.7 Å². The normalized spacial score (nSPS) is 19.2. The highest BCUT2D eigenvalue weighted by molar-refractivity contribution is 5.94. The molecule has 9 heteroatoms. The smallest absolute Gasteiger partial charge is 0.269 e. The number of anilines is 2. The first kappa shape index (κ1) is 23.1. The number of nitrogens with zero attached hydrogens (tertiary/aromatic N) is 4. The fourth-order valence-electron chi connectivity index (χ4n) is 4.48. The SMILES string of the molecule is CNC(=O)c1ccc(N2CCN(Cc3ccnc(NC(=O)C4CCCCN4)c3)CC2)c(C)n1. The molecule has 3 N–H and O–H groups in total. The molecule has 4 heterocycles. The van der Waals surface area contributed by atoms with Gasteiger partial charge in [-0.15, -0.1) is 0 Å². The number of nitrogens with one attached hydrogen (secondary N) is 3. The van der Waals surface area contributed by atoms with Gasteiger partial charge in [0, 0.05) is 46.0 Å². The largest absolute Gasteiger partial charge is 0.368 e. The first-order valence-electron chi connectivity index (χ1n) is 11.7. The summed E-state index contributed by atoms with van der Waals surface area (Å²) in [6.45, 7) is 7.29. The lowest BCUT2D eigenvalue weighted by Gasteiger charge is -2.36. The minimum absolute atomic E-state index is 0.000574. The molecule has 1 unspecified atom stereocenters. The van der Waals surface area contributed by atoms with E-state index in [-0.39, 0.29) is 17.9 Å². The minimum Gasteiger partial charge on any atom is -0.368 e. The Morgan fingerprint density at radius 3 is 2.67 bits per heavy atom. The Kier molecular flexibility index (Phi) is 7.51. The molecule has 0 saturated carbocycles. The van der Waals surface area contributed by atoms with Crippen LogP contribution in [0.15, 0.2) is 30.5 Å². The lowest BCUT2D eigenvalue weighted by molar-refractivity contribution is -0.118. The van der Waals surface area contributed by atoms with Gasteiger partial charge in [-0.25, -0.2) is 9.97 Å². The van der Waals surface area contributed by atoms with Gasteiger partial charge in [0.2, 0.25) is 5.91 Å². The molecule has 9 nitrogen and oxygen atoms in total. The molecule has 0 bridgehead atoms. The van der Waals surface area contributed by atoms with Crippen molar-refractivity contribution in [2.24, 2.45) is 0 Å². The van der Waals surface area contributed by atoms with Crippen LogP contribution in [0.5, 0.6) is 0 Å². The lowest BCUT2D eigenvalue weighted by Crippen LogP contribution is -2.46. The Morgan fingerprint density at radius 1 is 1.15 bits per heavy atom. The number of aromatic nitrogens is 2. The Bertz CT molecular complexity index is 983. The molecule has 2 aliphatic heterocycles. The number of piperazine rings is 1. The molecular formula is C24H33N7O2. The summed E-state index contributed by atoms with van der Waals surface area (Å²) < 4.78 is 0. The number of piperidine rings is 1. The van der Waals surface area contributed by atoms with Crippen LogP contribution in [0.1, 0.15) is 41.0 Å². The molecular weight excluding hydrogens is 418 g/mol. The van der Waals surface area contributed by atoms with Crippen LogP contribution in [0.3, 0.4) is 0 Å². The van der Waals surface area contributed by atoms with Crippen LogP contribution in [0.4, 0.5) is 11.5 Å². The Hall–Kier alpha value is -3.04. The van der Waals surface area contributed by atoms with Gasteiger partial charge in [0.05, 0.1) is 17.4 Å². The summed E-state index contributed by atoms with van der Waals surface area (Å²) in [7, 11) is 1.61. The van der Waals surface area contributed by atoms with Gasteiger partial charge >= 0.3 is 0 Å². The molecule has 0 aromatic carbocycles. The van der Waals surface area contributed by atoms with Crippen molar-refractivity contribution in [3.63, 3.8) is 0 Å². The first-order valence-corrected chi connectivity index (χ1v) is 11.7. The maximum Gasteiger partial charge on any atom is 0.269 e. The second kappa shape index (κ2) is 10.7. The van der Waals surface area contributed by atoms with E-state index in [1.165, 1.54) is 0 Å². The van der Waals surface area contributed by atoms with Gasteiger partial charge < -0.3 is 20.9 Å². The zero-order chi connectivity index (χ0) is 23.2. The van der Waals surface area contributed by atoms with Gasteiger partial charge in [-0.3, -0.25) is 14.5 Å².